The van der Waals surface area contributed by atoms with Crippen molar-refractivity contribution in [1.82, 2.24) is 0 Å². The molecule has 0 heterocycles. The minimum Gasteiger partial charge on any atom is -0.493 e. The van der Waals surface area contributed by atoms with Crippen LogP contribution in [0, 0.1) is 18.3 Å². The predicted octanol–water partition coefficient (Wildman–Crippen LogP) is 4.25. The fourth-order valence-corrected chi connectivity index (χ4v) is 4.28. The Morgan fingerprint density at radius 3 is 2.38 bits per heavy atom. The molecule has 0 N–H and O–H groups in total. The van der Waals surface area contributed by atoms with Crippen LogP contribution in [0.15, 0.2) is 18.2 Å². The Balaban J connectivity index is 1.82. The Morgan fingerprint density at radius 1 is 1.12 bits per heavy atom. The highest BCUT2D eigenvalue weighted by Crippen LogP contribution is 2.44. The molecule has 140 valence electrons. The number of esters is 1. The molecule has 0 radical (unpaired) electrons. The van der Waals surface area contributed by atoms with E-state index in [0.717, 1.165) is 55.6 Å². The third-order valence-corrected chi connectivity index (χ3v) is 5.96. The molecule has 0 amide bonds. The van der Waals surface area contributed by atoms with Crippen molar-refractivity contribution in [1.29, 1.82) is 0 Å². The molecule has 0 spiro atoms. The van der Waals surface area contributed by atoms with Crippen LogP contribution in [-0.4, -0.2) is 26.3 Å². The average Bonchev–Trinajstić information content (AvgIpc) is 3.20. The average molecular weight is 356 g/mol. The second-order valence-corrected chi connectivity index (χ2v) is 7.41. The van der Waals surface area contributed by atoms with E-state index in [9.17, 15) is 4.79 Å². The van der Waals surface area contributed by atoms with Crippen molar-refractivity contribution in [3.63, 3.8) is 0 Å². The molecule has 3 rings (SSSR count). The highest BCUT2D eigenvalue weighted by molar-refractivity contribution is 5.72. The summed E-state index contributed by atoms with van der Waals surface area (Å²) in [5, 5.41) is 0. The molecular weight excluding hydrogens is 328 g/mol. The first-order chi connectivity index (χ1) is 12.6. The monoisotopic (exact) mass is 356 g/mol. The fourth-order valence-electron chi connectivity index (χ4n) is 4.28. The van der Waals surface area contributed by atoms with E-state index in [-0.39, 0.29) is 23.4 Å². The topological polar surface area (TPSA) is 44.8 Å². The number of carbonyl (C=O) groups excluding carboxylic acids is 1. The van der Waals surface area contributed by atoms with E-state index < -0.39 is 0 Å². The highest BCUT2D eigenvalue weighted by atomic mass is 16.5. The van der Waals surface area contributed by atoms with Gasteiger partial charge in [-0.15, -0.1) is 6.42 Å². The molecule has 0 saturated heterocycles. The first-order valence-corrected chi connectivity index (χ1v) is 9.52. The van der Waals surface area contributed by atoms with Gasteiger partial charge in [0.15, 0.2) is 11.5 Å². The van der Waals surface area contributed by atoms with Gasteiger partial charge in [0.25, 0.3) is 0 Å². The Labute approximate surface area is 156 Å². The highest BCUT2D eigenvalue weighted by Gasteiger charge is 2.38. The maximum atomic E-state index is 11.8. The van der Waals surface area contributed by atoms with Crippen LogP contribution in [0.3, 0.4) is 0 Å². The Morgan fingerprint density at radius 2 is 1.81 bits per heavy atom. The first kappa shape index (κ1) is 18.6. The largest absolute Gasteiger partial charge is 0.493 e. The lowest BCUT2D eigenvalue weighted by molar-refractivity contribution is -0.146. The van der Waals surface area contributed by atoms with Crippen LogP contribution in [0.4, 0.5) is 0 Å². The van der Waals surface area contributed by atoms with Crippen LogP contribution in [-0.2, 0) is 14.9 Å². The van der Waals surface area contributed by atoms with Crippen molar-refractivity contribution in [3.8, 4) is 23.8 Å². The number of ether oxygens (including phenoxy) is 3. The quantitative estimate of drug-likeness (QED) is 0.584. The van der Waals surface area contributed by atoms with Crippen molar-refractivity contribution in [2.24, 2.45) is 5.92 Å². The normalized spacial score (nSPS) is 26.1. The van der Waals surface area contributed by atoms with E-state index in [1.165, 1.54) is 20.0 Å². The molecule has 0 unspecified atom stereocenters. The van der Waals surface area contributed by atoms with E-state index in [1.54, 1.807) is 7.11 Å². The van der Waals surface area contributed by atoms with Gasteiger partial charge in [0, 0.05) is 0 Å². The van der Waals surface area contributed by atoms with Gasteiger partial charge in [-0.3, -0.25) is 4.79 Å². The van der Waals surface area contributed by atoms with Crippen LogP contribution < -0.4 is 9.47 Å². The van der Waals surface area contributed by atoms with Crippen molar-refractivity contribution < 1.29 is 19.0 Å². The standard InChI is InChI=1S/C22H28O4/c1-4-22(13-11-16(12-14-22)21(23)25-3)17-9-10-19(24-2)20(15-17)26-18-7-5-6-8-18/h1,9-10,15-16,18H,5-8,11-14H2,2-3H3. The molecule has 0 aliphatic heterocycles. The molecule has 1 aromatic carbocycles. The molecule has 0 aromatic heterocycles. The molecule has 2 aliphatic carbocycles. The summed E-state index contributed by atoms with van der Waals surface area (Å²) in [6, 6.07) is 6.04. The summed E-state index contributed by atoms with van der Waals surface area (Å²) in [5.41, 5.74) is 0.724. The number of hydrogen-bond acceptors (Lipinski definition) is 4. The minimum absolute atomic E-state index is 0.0473. The Hall–Kier alpha value is -2.15. The van der Waals surface area contributed by atoms with Crippen molar-refractivity contribution in [2.45, 2.75) is 62.9 Å². The molecule has 4 nitrogen and oxygen atoms in total. The van der Waals surface area contributed by atoms with E-state index in [2.05, 4.69) is 12.0 Å². The zero-order valence-electron chi connectivity index (χ0n) is 15.8. The number of terminal acetylenes is 1. The summed E-state index contributed by atoms with van der Waals surface area (Å²) in [5.74, 6) is 4.37. The maximum absolute atomic E-state index is 11.8. The third-order valence-electron chi connectivity index (χ3n) is 5.96. The molecule has 4 heteroatoms. The number of methoxy groups -OCH3 is 2. The molecule has 0 atom stereocenters. The third kappa shape index (κ3) is 3.67. The molecule has 2 aliphatic rings. The summed E-state index contributed by atoms with van der Waals surface area (Å²) in [4.78, 5) is 11.8. The number of carbonyl (C=O) groups is 1. The van der Waals surface area contributed by atoms with Gasteiger partial charge in [-0.2, -0.15) is 0 Å². The van der Waals surface area contributed by atoms with Gasteiger partial charge >= 0.3 is 5.97 Å². The van der Waals surface area contributed by atoms with Crippen molar-refractivity contribution in [3.05, 3.63) is 23.8 Å². The van der Waals surface area contributed by atoms with Crippen molar-refractivity contribution in [2.75, 3.05) is 14.2 Å². The van der Waals surface area contributed by atoms with Gasteiger partial charge < -0.3 is 14.2 Å². The van der Waals surface area contributed by atoms with Crippen LogP contribution in [0.25, 0.3) is 0 Å². The lowest BCUT2D eigenvalue weighted by Crippen LogP contribution is -2.33. The number of benzene rings is 1. The first-order valence-electron chi connectivity index (χ1n) is 9.52. The number of hydrogen-bond donors (Lipinski definition) is 0. The minimum atomic E-state index is -0.357. The summed E-state index contributed by atoms with van der Waals surface area (Å²) >= 11 is 0. The molecule has 2 fully saturated rings. The van der Waals surface area contributed by atoms with Crippen LogP contribution in [0.1, 0.15) is 56.9 Å². The Bertz CT molecular complexity index is 674. The zero-order valence-corrected chi connectivity index (χ0v) is 15.8. The fraction of sp³-hybridized carbons (Fsp3) is 0.591. The SMILES string of the molecule is C#CC1(c2ccc(OC)c(OC3CCCC3)c2)CCC(C(=O)OC)CC1. The van der Waals surface area contributed by atoms with Gasteiger partial charge in [0.05, 0.1) is 31.7 Å². The lowest BCUT2D eigenvalue weighted by Gasteiger charge is -2.36. The second kappa shape index (κ2) is 8.03. The van der Waals surface area contributed by atoms with Gasteiger partial charge in [-0.05, 0) is 69.1 Å². The van der Waals surface area contributed by atoms with Crippen molar-refractivity contribution >= 4 is 5.97 Å². The van der Waals surface area contributed by atoms with E-state index in [0.29, 0.717) is 0 Å². The zero-order chi connectivity index (χ0) is 18.6. The van der Waals surface area contributed by atoms with Gasteiger partial charge in [0.1, 0.15) is 0 Å². The molecule has 0 bridgehead atoms. The van der Waals surface area contributed by atoms with Crippen LogP contribution in [0.5, 0.6) is 11.5 Å². The van der Waals surface area contributed by atoms with E-state index >= 15 is 0 Å². The van der Waals surface area contributed by atoms with E-state index in [1.807, 2.05) is 12.1 Å². The predicted molar refractivity (Wildman–Crippen MR) is 100 cm³/mol. The Kier molecular flexibility index (Phi) is 5.76. The molecular formula is C22H28O4. The summed E-state index contributed by atoms with van der Waals surface area (Å²) < 4.78 is 16.6. The van der Waals surface area contributed by atoms with Crippen LogP contribution >= 0.6 is 0 Å². The second-order valence-electron chi connectivity index (χ2n) is 7.41. The smallest absolute Gasteiger partial charge is 0.308 e. The molecule has 2 saturated carbocycles. The van der Waals surface area contributed by atoms with Crippen LogP contribution in [0.2, 0.25) is 0 Å². The number of rotatable bonds is 5. The van der Waals surface area contributed by atoms with Gasteiger partial charge in [-0.1, -0.05) is 12.0 Å². The van der Waals surface area contributed by atoms with Gasteiger partial charge in [-0.25, -0.2) is 0 Å². The van der Waals surface area contributed by atoms with E-state index in [4.69, 9.17) is 20.6 Å². The summed E-state index contributed by atoms with van der Waals surface area (Å²) in [7, 11) is 3.11. The summed E-state index contributed by atoms with van der Waals surface area (Å²) in [6.45, 7) is 0. The lowest BCUT2D eigenvalue weighted by atomic mass is 9.67. The molecule has 1 aromatic rings. The molecule has 26 heavy (non-hydrogen) atoms. The maximum Gasteiger partial charge on any atom is 0.308 e. The van der Waals surface area contributed by atoms with Gasteiger partial charge in [0.2, 0.25) is 0 Å². The summed E-state index contributed by atoms with van der Waals surface area (Å²) in [6.07, 6.45) is 13.9.